The van der Waals surface area contributed by atoms with Crippen LogP contribution in [0.15, 0.2) is 59.0 Å². The predicted octanol–water partition coefficient (Wildman–Crippen LogP) is 1.41. The molecular formula is C25H25N2NaO4. The molecule has 0 aliphatic carbocycles. The van der Waals surface area contributed by atoms with E-state index in [4.69, 9.17) is 9.15 Å². The Morgan fingerprint density at radius 2 is 1.75 bits per heavy atom. The zero-order valence-electron chi connectivity index (χ0n) is 18.9. The number of aliphatic carboxylic acids is 1. The third-order valence-corrected chi connectivity index (χ3v) is 5.48. The van der Waals surface area contributed by atoms with Crippen LogP contribution < -0.4 is 44.3 Å². The van der Waals surface area contributed by atoms with Gasteiger partial charge in [0, 0.05) is 24.8 Å². The molecule has 1 aromatic heterocycles. The molecule has 0 saturated heterocycles. The van der Waals surface area contributed by atoms with Crippen molar-refractivity contribution in [2.75, 3.05) is 18.0 Å². The molecule has 1 heterocycles. The zero-order valence-corrected chi connectivity index (χ0v) is 20.9. The first kappa shape index (κ1) is 24.1. The number of carbonyl (C=O) groups excluding carboxylic acids is 1. The van der Waals surface area contributed by atoms with Gasteiger partial charge < -0.3 is 24.0 Å². The van der Waals surface area contributed by atoms with Gasteiger partial charge in [-0.1, -0.05) is 31.2 Å². The second-order valence-corrected chi connectivity index (χ2v) is 7.37. The van der Waals surface area contributed by atoms with Crippen molar-refractivity contribution in [3.8, 4) is 17.2 Å². The first-order valence-corrected chi connectivity index (χ1v) is 10.6. The summed E-state index contributed by atoms with van der Waals surface area (Å²) in [4.78, 5) is 18.4. The number of benzene rings is 3. The van der Waals surface area contributed by atoms with Crippen molar-refractivity contribution in [1.29, 1.82) is 0 Å². The van der Waals surface area contributed by atoms with Crippen LogP contribution in [0.3, 0.4) is 0 Å². The summed E-state index contributed by atoms with van der Waals surface area (Å²) in [6, 6.07) is 17.5. The van der Waals surface area contributed by atoms with Gasteiger partial charge >= 0.3 is 29.6 Å². The topological polar surface area (TPSA) is 78.6 Å². The normalized spacial score (nSPS) is 11.8. The van der Waals surface area contributed by atoms with Crippen molar-refractivity contribution in [1.82, 2.24) is 4.98 Å². The number of hydrogen-bond acceptors (Lipinski definition) is 6. The van der Waals surface area contributed by atoms with Crippen LogP contribution in [-0.2, 0) is 4.79 Å². The monoisotopic (exact) mass is 440 g/mol. The van der Waals surface area contributed by atoms with E-state index < -0.39 is 12.1 Å². The van der Waals surface area contributed by atoms with Crippen molar-refractivity contribution in [3.63, 3.8) is 0 Å². The number of oxazole rings is 1. The quantitative estimate of drug-likeness (QED) is 0.386. The molecule has 1 unspecified atom stereocenters. The molecule has 4 rings (SSSR count). The van der Waals surface area contributed by atoms with Crippen molar-refractivity contribution < 1.29 is 48.6 Å². The maximum absolute atomic E-state index is 11.5. The summed E-state index contributed by atoms with van der Waals surface area (Å²) in [6.07, 6.45) is -0.770. The minimum absolute atomic E-state index is 0. The molecule has 160 valence electrons. The summed E-state index contributed by atoms with van der Waals surface area (Å²) in [5, 5.41) is 13.4. The molecule has 0 aliphatic rings. The third kappa shape index (κ3) is 4.77. The van der Waals surface area contributed by atoms with Gasteiger partial charge in [-0.25, -0.2) is 4.98 Å². The number of rotatable bonds is 8. The van der Waals surface area contributed by atoms with Gasteiger partial charge in [-0.05, 0) is 55.3 Å². The van der Waals surface area contributed by atoms with Gasteiger partial charge in [0.2, 0.25) is 5.89 Å². The fourth-order valence-electron chi connectivity index (χ4n) is 3.75. The van der Waals surface area contributed by atoms with Crippen molar-refractivity contribution in [2.45, 2.75) is 33.3 Å². The van der Waals surface area contributed by atoms with Gasteiger partial charge in [-0.3, -0.25) is 0 Å². The Kier molecular flexibility index (Phi) is 7.82. The van der Waals surface area contributed by atoms with E-state index in [2.05, 4.69) is 23.7 Å². The standard InChI is InChI=1S/C25H26N2O4.Na/c1-4-21(25(28)29)30-22-14-17-10-8-7-9-16(17)13-19(22)24-26-20-12-11-18(15-23(20)31-24)27(5-2)6-3;/h7-15,21H,4-6H2,1-3H3,(H,28,29);/q;+1/p-1. The molecule has 4 aromatic rings. The van der Waals surface area contributed by atoms with E-state index in [9.17, 15) is 9.90 Å². The average molecular weight is 440 g/mol. The average Bonchev–Trinajstić information content (AvgIpc) is 3.21. The van der Waals surface area contributed by atoms with Gasteiger partial charge in [0.15, 0.2) is 5.58 Å². The van der Waals surface area contributed by atoms with Crippen LogP contribution in [0, 0.1) is 0 Å². The predicted molar refractivity (Wildman–Crippen MR) is 120 cm³/mol. The Hall–Kier alpha value is -2.54. The first-order chi connectivity index (χ1) is 15.0. The molecule has 0 aliphatic heterocycles. The van der Waals surface area contributed by atoms with Crippen LogP contribution in [0.4, 0.5) is 5.69 Å². The Morgan fingerprint density at radius 3 is 2.38 bits per heavy atom. The summed E-state index contributed by atoms with van der Waals surface area (Å²) < 4.78 is 12.0. The molecule has 1 atom stereocenters. The van der Waals surface area contributed by atoms with E-state index in [1.54, 1.807) is 6.92 Å². The number of carbonyl (C=O) groups is 1. The number of carboxylic acids is 1. The smallest absolute Gasteiger partial charge is 0.546 e. The zero-order chi connectivity index (χ0) is 22.0. The summed E-state index contributed by atoms with van der Waals surface area (Å²) in [5.41, 5.74) is 3.08. The van der Waals surface area contributed by atoms with Crippen LogP contribution in [0.1, 0.15) is 27.2 Å². The Morgan fingerprint density at radius 1 is 1.06 bits per heavy atom. The maximum Gasteiger partial charge on any atom is 1.00 e. The van der Waals surface area contributed by atoms with Crippen LogP contribution in [0.2, 0.25) is 0 Å². The Balaban J connectivity index is 0.00000289. The molecule has 32 heavy (non-hydrogen) atoms. The van der Waals surface area contributed by atoms with E-state index in [0.717, 1.165) is 35.1 Å². The van der Waals surface area contributed by atoms with E-state index >= 15 is 0 Å². The molecular weight excluding hydrogens is 415 g/mol. The molecule has 0 fully saturated rings. The van der Waals surface area contributed by atoms with Crippen molar-refractivity contribution in [3.05, 3.63) is 54.6 Å². The van der Waals surface area contributed by atoms with Gasteiger partial charge in [0.05, 0.1) is 11.5 Å². The molecule has 0 N–H and O–H groups in total. The molecule has 0 spiro atoms. The van der Waals surface area contributed by atoms with Crippen LogP contribution >= 0.6 is 0 Å². The van der Waals surface area contributed by atoms with E-state index in [1.165, 1.54) is 0 Å². The van der Waals surface area contributed by atoms with Crippen LogP contribution in [0.5, 0.6) is 5.75 Å². The number of carboxylic acid groups (broad SMARTS) is 1. The first-order valence-electron chi connectivity index (χ1n) is 10.6. The van der Waals surface area contributed by atoms with Gasteiger partial charge in [0.1, 0.15) is 17.4 Å². The number of fused-ring (bicyclic) bond motifs is 2. The fraction of sp³-hybridized carbons (Fsp3) is 0.280. The Bertz CT molecular complexity index is 1230. The molecule has 0 bridgehead atoms. The SMILES string of the molecule is CCC(Oc1cc2ccccc2cc1-c1nc2ccc(N(CC)CC)cc2o1)C(=O)[O-].[Na+]. The van der Waals surface area contributed by atoms with Crippen molar-refractivity contribution in [2.24, 2.45) is 0 Å². The molecule has 0 radical (unpaired) electrons. The number of hydrogen-bond donors (Lipinski definition) is 0. The van der Waals surface area contributed by atoms with E-state index in [0.29, 0.717) is 22.8 Å². The fourth-order valence-corrected chi connectivity index (χ4v) is 3.75. The summed E-state index contributed by atoms with van der Waals surface area (Å²) in [7, 11) is 0. The summed E-state index contributed by atoms with van der Waals surface area (Å²) in [5.74, 6) is -0.450. The minimum Gasteiger partial charge on any atom is -0.546 e. The minimum atomic E-state index is -1.25. The van der Waals surface area contributed by atoms with Gasteiger partial charge in [0.25, 0.3) is 0 Å². The maximum atomic E-state index is 11.5. The molecule has 0 saturated carbocycles. The van der Waals surface area contributed by atoms with Crippen LogP contribution in [-0.4, -0.2) is 30.1 Å². The molecule has 3 aromatic carbocycles. The van der Waals surface area contributed by atoms with Crippen molar-refractivity contribution >= 4 is 33.5 Å². The molecule has 7 heteroatoms. The second kappa shape index (κ2) is 10.4. The number of anilines is 1. The Labute approximate surface area is 209 Å². The largest absolute Gasteiger partial charge is 1.00 e. The van der Waals surface area contributed by atoms with E-state index in [1.807, 2.05) is 54.6 Å². The summed E-state index contributed by atoms with van der Waals surface area (Å²) in [6.45, 7) is 7.76. The van der Waals surface area contributed by atoms with Gasteiger partial charge in [-0.2, -0.15) is 0 Å². The number of aromatic nitrogens is 1. The number of nitrogens with zero attached hydrogens (tertiary/aromatic N) is 2. The van der Waals surface area contributed by atoms with Crippen LogP contribution in [0.25, 0.3) is 33.3 Å². The summed E-state index contributed by atoms with van der Waals surface area (Å²) >= 11 is 0. The third-order valence-electron chi connectivity index (χ3n) is 5.48. The molecule has 6 nitrogen and oxygen atoms in total. The van der Waals surface area contributed by atoms with E-state index in [-0.39, 0.29) is 36.0 Å². The second-order valence-electron chi connectivity index (χ2n) is 7.37. The number of ether oxygens (including phenoxy) is 1. The van der Waals surface area contributed by atoms with Gasteiger partial charge in [-0.15, -0.1) is 0 Å². The molecule has 0 amide bonds.